The molecule has 2 heterocycles. The Balaban J connectivity index is 2.03. The van der Waals surface area contributed by atoms with Gasteiger partial charge < -0.3 is 14.2 Å². The maximum atomic E-state index is 6.10. The molecule has 0 aliphatic carbocycles. The second kappa shape index (κ2) is 3.29. The molecule has 2 aliphatic heterocycles. The fraction of sp³-hybridized carbons (Fsp3) is 0.538. The second-order valence-corrected chi connectivity index (χ2v) is 4.88. The molecule has 0 spiro atoms. The van der Waals surface area contributed by atoms with E-state index in [9.17, 15) is 0 Å². The quantitative estimate of drug-likeness (QED) is 0.725. The van der Waals surface area contributed by atoms with Crippen LogP contribution in [0.2, 0.25) is 0 Å². The van der Waals surface area contributed by atoms with Gasteiger partial charge >= 0.3 is 0 Å². The van der Waals surface area contributed by atoms with Crippen molar-refractivity contribution in [1.82, 2.24) is 0 Å². The van der Waals surface area contributed by atoms with E-state index in [1.165, 1.54) is 0 Å². The number of hydrogen-bond acceptors (Lipinski definition) is 3. The van der Waals surface area contributed by atoms with Gasteiger partial charge in [-0.2, -0.15) is 0 Å². The van der Waals surface area contributed by atoms with Gasteiger partial charge in [-0.05, 0) is 19.4 Å². The van der Waals surface area contributed by atoms with Crippen LogP contribution in [0.1, 0.15) is 19.4 Å². The number of ether oxygens (including phenoxy) is 3. The summed E-state index contributed by atoms with van der Waals surface area (Å²) in [5.41, 5.74) is 0.730. The molecular formula is C13H16O3. The Bertz CT molecular complexity index is 387. The Labute approximate surface area is 95.3 Å². The van der Waals surface area contributed by atoms with Gasteiger partial charge in [-0.1, -0.05) is 30.3 Å². The zero-order valence-corrected chi connectivity index (χ0v) is 9.60. The lowest BCUT2D eigenvalue weighted by atomic mass is 9.91. The van der Waals surface area contributed by atoms with Crippen molar-refractivity contribution in [3.8, 4) is 0 Å². The molecule has 2 aliphatic rings. The molecule has 0 N–H and O–H groups in total. The largest absolute Gasteiger partial charge is 0.375 e. The summed E-state index contributed by atoms with van der Waals surface area (Å²) in [6.07, 6.45) is 0.00454. The third-order valence-corrected chi connectivity index (χ3v) is 3.22. The third kappa shape index (κ3) is 1.39. The summed E-state index contributed by atoms with van der Waals surface area (Å²) in [5, 5.41) is 0. The molecule has 0 saturated carbocycles. The molecule has 0 aromatic heterocycles. The fourth-order valence-corrected chi connectivity index (χ4v) is 2.62. The van der Waals surface area contributed by atoms with Gasteiger partial charge in [0.15, 0.2) is 5.79 Å². The average molecular weight is 220 g/mol. The van der Waals surface area contributed by atoms with Crippen molar-refractivity contribution in [3.63, 3.8) is 0 Å². The normalized spacial score (nSPS) is 36.2. The number of hydrogen-bond donors (Lipinski definition) is 0. The number of benzene rings is 1. The summed E-state index contributed by atoms with van der Waals surface area (Å²) >= 11 is 0. The fourth-order valence-electron chi connectivity index (χ4n) is 2.62. The molecule has 16 heavy (non-hydrogen) atoms. The summed E-state index contributed by atoms with van der Waals surface area (Å²) in [6, 6.07) is 10.2. The summed E-state index contributed by atoms with van der Waals surface area (Å²) in [5.74, 6) is -0.524. The highest BCUT2D eigenvalue weighted by Gasteiger charge is 2.57. The average Bonchev–Trinajstić information content (AvgIpc) is 2.72. The van der Waals surface area contributed by atoms with Gasteiger partial charge in [0.2, 0.25) is 0 Å². The van der Waals surface area contributed by atoms with Gasteiger partial charge in [0.1, 0.15) is 11.7 Å². The first-order valence-corrected chi connectivity index (χ1v) is 5.64. The van der Waals surface area contributed by atoms with E-state index in [0.717, 1.165) is 5.56 Å². The molecule has 2 saturated heterocycles. The van der Waals surface area contributed by atoms with E-state index in [-0.39, 0.29) is 6.10 Å². The van der Waals surface area contributed by atoms with Crippen molar-refractivity contribution in [2.75, 3.05) is 13.2 Å². The van der Waals surface area contributed by atoms with Gasteiger partial charge in [0, 0.05) is 0 Å². The molecule has 1 aromatic carbocycles. The maximum Gasteiger partial charge on any atom is 0.164 e. The standard InChI is InChI=1S/C13H16O3/c1-12(2)15-11-8-14-9-13(11,16-12)10-6-4-3-5-7-10/h3-7,11H,8-9H2,1-2H3/t11-,13-/m1/s1. The lowest BCUT2D eigenvalue weighted by Crippen LogP contribution is -2.36. The highest BCUT2D eigenvalue weighted by atomic mass is 16.8. The molecule has 3 rings (SSSR count). The monoisotopic (exact) mass is 220 g/mol. The van der Waals surface area contributed by atoms with Gasteiger partial charge in [0.25, 0.3) is 0 Å². The molecule has 3 heteroatoms. The smallest absolute Gasteiger partial charge is 0.164 e. The van der Waals surface area contributed by atoms with Crippen LogP contribution in [0.3, 0.4) is 0 Å². The first kappa shape index (κ1) is 10.3. The van der Waals surface area contributed by atoms with Crippen molar-refractivity contribution in [3.05, 3.63) is 35.9 Å². The van der Waals surface area contributed by atoms with Gasteiger partial charge in [0.05, 0.1) is 13.2 Å². The second-order valence-electron chi connectivity index (χ2n) is 4.88. The summed E-state index contributed by atoms with van der Waals surface area (Å²) < 4.78 is 17.5. The van der Waals surface area contributed by atoms with Crippen LogP contribution >= 0.6 is 0 Å². The Morgan fingerprint density at radius 1 is 1.19 bits per heavy atom. The number of fused-ring (bicyclic) bond motifs is 1. The Kier molecular flexibility index (Phi) is 2.11. The van der Waals surface area contributed by atoms with Gasteiger partial charge in [-0.25, -0.2) is 0 Å². The molecule has 1 aromatic rings. The summed E-state index contributed by atoms with van der Waals surface area (Å²) in [7, 11) is 0. The van der Waals surface area contributed by atoms with Crippen LogP contribution in [0, 0.1) is 0 Å². The van der Waals surface area contributed by atoms with E-state index in [1.54, 1.807) is 0 Å². The Morgan fingerprint density at radius 3 is 2.69 bits per heavy atom. The molecule has 2 fully saturated rings. The Morgan fingerprint density at radius 2 is 1.94 bits per heavy atom. The molecule has 0 radical (unpaired) electrons. The van der Waals surface area contributed by atoms with Gasteiger partial charge in [-0.3, -0.25) is 0 Å². The van der Waals surface area contributed by atoms with E-state index in [0.29, 0.717) is 13.2 Å². The predicted molar refractivity (Wildman–Crippen MR) is 59.0 cm³/mol. The molecule has 0 amide bonds. The zero-order chi connectivity index (χ0) is 11.2. The molecule has 3 nitrogen and oxygen atoms in total. The minimum atomic E-state index is -0.524. The summed E-state index contributed by atoms with van der Waals surface area (Å²) in [6.45, 7) is 5.09. The van der Waals surface area contributed by atoms with E-state index < -0.39 is 11.4 Å². The van der Waals surface area contributed by atoms with E-state index in [1.807, 2.05) is 32.0 Å². The number of rotatable bonds is 1. The van der Waals surface area contributed by atoms with E-state index in [4.69, 9.17) is 14.2 Å². The topological polar surface area (TPSA) is 27.7 Å². The molecule has 0 unspecified atom stereocenters. The first-order chi connectivity index (χ1) is 7.62. The zero-order valence-electron chi connectivity index (χ0n) is 9.60. The minimum absolute atomic E-state index is 0.00454. The van der Waals surface area contributed by atoms with Crippen molar-refractivity contribution in [2.45, 2.75) is 31.3 Å². The van der Waals surface area contributed by atoms with E-state index >= 15 is 0 Å². The van der Waals surface area contributed by atoms with Crippen LogP contribution in [0.5, 0.6) is 0 Å². The third-order valence-electron chi connectivity index (χ3n) is 3.22. The molecule has 2 atom stereocenters. The predicted octanol–water partition coefficient (Wildman–Crippen LogP) is 2.06. The van der Waals surface area contributed by atoms with Crippen LogP contribution in [0.15, 0.2) is 30.3 Å². The van der Waals surface area contributed by atoms with Crippen molar-refractivity contribution < 1.29 is 14.2 Å². The lowest BCUT2D eigenvalue weighted by Gasteiger charge is -2.27. The Hall–Kier alpha value is -0.900. The van der Waals surface area contributed by atoms with Crippen molar-refractivity contribution in [2.24, 2.45) is 0 Å². The first-order valence-electron chi connectivity index (χ1n) is 5.64. The SMILES string of the molecule is CC1(C)O[C@@H]2COC[C@]2(c2ccccc2)O1. The molecular weight excluding hydrogens is 204 g/mol. The van der Waals surface area contributed by atoms with E-state index in [2.05, 4.69) is 12.1 Å². The molecule has 86 valence electrons. The highest BCUT2D eigenvalue weighted by molar-refractivity contribution is 5.27. The summed E-state index contributed by atoms with van der Waals surface area (Å²) in [4.78, 5) is 0. The van der Waals surface area contributed by atoms with Crippen LogP contribution in [-0.4, -0.2) is 25.1 Å². The maximum absolute atomic E-state index is 6.10. The molecule has 0 bridgehead atoms. The van der Waals surface area contributed by atoms with Gasteiger partial charge in [-0.15, -0.1) is 0 Å². The van der Waals surface area contributed by atoms with Crippen LogP contribution in [0.4, 0.5) is 0 Å². The van der Waals surface area contributed by atoms with Crippen molar-refractivity contribution >= 4 is 0 Å². The lowest BCUT2D eigenvalue weighted by molar-refractivity contribution is -0.184. The van der Waals surface area contributed by atoms with Crippen LogP contribution in [0.25, 0.3) is 0 Å². The van der Waals surface area contributed by atoms with Crippen molar-refractivity contribution in [1.29, 1.82) is 0 Å². The minimum Gasteiger partial charge on any atom is -0.375 e. The van der Waals surface area contributed by atoms with Crippen LogP contribution in [-0.2, 0) is 19.8 Å². The highest BCUT2D eigenvalue weighted by Crippen LogP contribution is 2.46. The van der Waals surface area contributed by atoms with Crippen LogP contribution < -0.4 is 0 Å².